The van der Waals surface area contributed by atoms with Gasteiger partial charge in [0.25, 0.3) is 11.6 Å². The van der Waals surface area contributed by atoms with Crippen molar-refractivity contribution in [1.82, 2.24) is 24.9 Å². The van der Waals surface area contributed by atoms with Crippen LogP contribution in [-0.4, -0.2) is 25.5 Å². The van der Waals surface area contributed by atoms with Crippen LogP contribution in [0, 0.1) is 13.8 Å². The van der Waals surface area contributed by atoms with Gasteiger partial charge in [-0.1, -0.05) is 30.7 Å². The van der Waals surface area contributed by atoms with E-state index in [-0.39, 0.29) is 24.1 Å². The molecular formula is C19H19ClF3N5O. The highest BCUT2D eigenvalue weighted by atomic mass is 35.5. The standard InChI is InChI=1S/C19H19ClF3N5O/c1-4-15(12-5-7-13(20)8-6-12)25-16(29)9-14-10(2)24-18-26-17(19(21,22)23)27-28(18)11(14)3/h5-8,15H,4,9H2,1-3H3,(H,25,29)/t15-/m1/s1. The van der Waals surface area contributed by atoms with Gasteiger partial charge in [0.1, 0.15) is 0 Å². The third kappa shape index (κ3) is 4.50. The molecule has 1 N–H and O–H groups in total. The Hall–Kier alpha value is -2.68. The van der Waals surface area contributed by atoms with Gasteiger partial charge in [-0.3, -0.25) is 4.79 Å². The maximum atomic E-state index is 12.9. The summed E-state index contributed by atoms with van der Waals surface area (Å²) in [6.45, 7) is 5.17. The molecule has 1 amide bonds. The maximum Gasteiger partial charge on any atom is 0.453 e. The van der Waals surface area contributed by atoms with Crippen LogP contribution in [0.1, 0.15) is 47.7 Å². The maximum absolute atomic E-state index is 12.9. The molecule has 0 radical (unpaired) electrons. The fraction of sp³-hybridized carbons (Fsp3) is 0.368. The Balaban J connectivity index is 1.85. The minimum Gasteiger partial charge on any atom is -0.349 e. The number of hydrogen-bond acceptors (Lipinski definition) is 4. The van der Waals surface area contributed by atoms with Gasteiger partial charge in [0.15, 0.2) is 0 Å². The van der Waals surface area contributed by atoms with Gasteiger partial charge < -0.3 is 5.32 Å². The summed E-state index contributed by atoms with van der Waals surface area (Å²) < 4.78 is 39.7. The van der Waals surface area contributed by atoms with Gasteiger partial charge in [0.2, 0.25) is 5.91 Å². The first-order valence-corrected chi connectivity index (χ1v) is 9.32. The highest BCUT2D eigenvalue weighted by Crippen LogP contribution is 2.27. The average molecular weight is 426 g/mol. The number of fused-ring (bicyclic) bond motifs is 1. The van der Waals surface area contributed by atoms with Gasteiger partial charge in [-0.15, -0.1) is 5.10 Å². The second kappa shape index (κ2) is 7.98. The lowest BCUT2D eigenvalue weighted by Crippen LogP contribution is -2.30. The summed E-state index contributed by atoms with van der Waals surface area (Å²) in [4.78, 5) is 20.2. The number of nitrogens with zero attached hydrogens (tertiary/aromatic N) is 4. The summed E-state index contributed by atoms with van der Waals surface area (Å²) in [7, 11) is 0. The molecule has 0 spiro atoms. The number of nitrogens with one attached hydrogen (secondary N) is 1. The molecule has 0 aliphatic heterocycles. The first-order valence-electron chi connectivity index (χ1n) is 8.95. The number of aryl methyl sites for hydroxylation is 2. The Morgan fingerprint density at radius 3 is 2.45 bits per heavy atom. The molecule has 2 heterocycles. The van der Waals surface area contributed by atoms with Crippen LogP contribution in [0.3, 0.4) is 0 Å². The van der Waals surface area contributed by atoms with Gasteiger partial charge in [0, 0.05) is 22.0 Å². The molecule has 0 unspecified atom stereocenters. The molecule has 0 fully saturated rings. The summed E-state index contributed by atoms with van der Waals surface area (Å²) in [6.07, 6.45) is -4.04. The fourth-order valence-corrected chi connectivity index (χ4v) is 3.23. The monoisotopic (exact) mass is 425 g/mol. The molecule has 0 saturated heterocycles. The van der Waals surface area contributed by atoms with Crippen molar-refractivity contribution < 1.29 is 18.0 Å². The van der Waals surface area contributed by atoms with Gasteiger partial charge in [-0.05, 0) is 38.0 Å². The number of halogens is 4. The van der Waals surface area contributed by atoms with E-state index in [0.29, 0.717) is 28.4 Å². The smallest absolute Gasteiger partial charge is 0.349 e. The lowest BCUT2D eigenvalue weighted by molar-refractivity contribution is -0.144. The molecule has 154 valence electrons. The van der Waals surface area contributed by atoms with Crippen LogP contribution >= 0.6 is 11.6 Å². The summed E-state index contributed by atoms with van der Waals surface area (Å²) in [6, 6.07) is 6.98. The predicted molar refractivity (Wildman–Crippen MR) is 102 cm³/mol. The van der Waals surface area contributed by atoms with Crippen LogP contribution in [-0.2, 0) is 17.4 Å². The molecule has 3 aromatic rings. The second-order valence-corrected chi connectivity index (χ2v) is 7.10. The molecule has 29 heavy (non-hydrogen) atoms. The van der Waals surface area contributed by atoms with Crippen molar-refractivity contribution in [3.05, 3.63) is 57.6 Å². The average Bonchev–Trinajstić information content (AvgIpc) is 3.08. The Bertz CT molecular complexity index is 1050. The Morgan fingerprint density at radius 1 is 1.21 bits per heavy atom. The number of aromatic nitrogens is 4. The van der Waals surface area contributed by atoms with Crippen LogP contribution in [0.5, 0.6) is 0 Å². The molecule has 6 nitrogen and oxygen atoms in total. The number of hydrogen-bond donors (Lipinski definition) is 1. The zero-order chi connectivity index (χ0) is 21.3. The van der Waals surface area contributed by atoms with E-state index < -0.39 is 12.0 Å². The van der Waals surface area contributed by atoms with E-state index in [1.54, 1.807) is 26.0 Å². The number of carbonyl (C=O) groups is 1. The molecule has 0 aliphatic carbocycles. The SMILES string of the molecule is CC[C@@H](NC(=O)Cc1c(C)nc2nc(C(F)(F)F)nn2c1C)c1ccc(Cl)cc1. The topological polar surface area (TPSA) is 72.2 Å². The quantitative estimate of drug-likeness (QED) is 0.664. The number of carbonyl (C=O) groups excluding carboxylic acids is 1. The molecule has 2 aromatic heterocycles. The van der Waals surface area contributed by atoms with Crippen LogP contribution in [0.2, 0.25) is 5.02 Å². The molecule has 0 saturated carbocycles. The van der Waals surface area contributed by atoms with Gasteiger partial charge in [-0.2, -0.15) is 18.2 Å². The minimum atomic E-state index is -4.67. The lowest BCUT2D eigenvalue weighted by Gasteiger charge is -2.18. The highest BCUT2D eigenvalue weighted by Gasteiger charge is 2.37. The first-order chi connectivity index (χ1) is 13.6. The van der Waals surface area contributed by atoms with Gasteiger partial charge in [-0.25, -0.2) is 9.50 Å². The van der Waals surface area contributed by atoms with Gasteiger partial charge >= 0.3 is 6.18 Å². The zero-order valence-electron chi connectivity index (χ0n) is 16.0. The summed E-state index contributed by atoms with van der Waals surface area (Å²) >= 11 is 5.91. The predicted octanol–water partition coefficient (Wildman–Crippen LogP) is 4.22. The molecule has 1 atom stereocenters. The third-order valence-electron chi connectivity index (χ3n) is 4.66. The summed E-state index contributed by atoms with van der Waals surface area (Å²) in [5.74, 6) is -1.68. The van der Waals surface area contributed by atoms with E-state index in [4.69, 9.17) is 11.6 Å². The number of rotatable bonds is 5. The molecule has 3 rings (SSSR count). The molecule has 0 aliphatic rings. The minimum absolute atomic E-state index is 0.0358. The fourth-order valence-electron chi connectivity index (χ4n) is 3.11. The van der Waals surface area contributed by atoms with Crippen molar-refractivity contribution in [3.63, 3.8) is 0 Å². The van der Waals surface area contributed by atoms with Crippen molar-refractivity contribution in [2.45, 2.75) is 45.8 Å². The number of amides is 1. The van der Waals surface area contributed by atoms with E-state index in [2.05, 4.69) is 20.4 Å². The van der Waals surface area contributed by atoms with E-state index in [1.807, 2.05) is 19.1 Å². The summed E-state index contributed by atoms with van der Waals surface area (Å²) in [5.41, 5.74) is 2.26. The van der Waals surface area contributed by atoms with Crippen molar-refractivity contribution in [2.24, 2.45) is 0 Å². The Morgan fingerprint density at radius 2 is 1.86 bits per heavy atom. The van der Waals surface area contributed by atoms with Crippen LogP contribution < -0.4 is 5.32 Å². The molecule has 10 heteroatoms. The lowest BCUT2D eigenvalue weighted by atomic mass is 10.0. The summed E-state index contributed by atoms with van der Waals surface area (Å²) in [5, 5.41) is 7.05. The number of alkyl halides is 3. The van der Waals surface area contributed by atoms with E-state index in [9.17, 15) is 18.0 Å². The van der Waals surface area contributed by atoms with Gasteiger partial charge in [0.05, 0.1) is 12.5 Å². The normalized spacial score (nSPS) is 12.9. The third-order valence-corrected chi connectivity index (χ3v) is 4.91. The number of benzene rings is 1. The van der Waals surface area contributed by atoms with E-state index in [1.165, 1.54) is 0 Å². The molecule has 1 aromatic carbocycles. The van der Waals surface area contributed by atoms with E-state index in [0.717, 1.165) is 10.1 Å². The van der Waals surface area contributed by atoms with Crippen LogP contribution in [0.25, 0.3) is 5.78 Å². The van der Waals surface area contributed by atoms with Crippen LogP contribution in [0.15, 0.2) is 24.3 Å². The first kappa shape index (κ1) is 21.0. The van der Waals surface area contributed by atoms with Crippen molar-refractivity contribution in [3.8, 4) is 0 Å². The highest BCUT2D eigenvalue weighted by molar-refractivity contribution is 6.30. The second-order valence-electron chi connectivity index (χ2n) is 6.66. The Labute approximate surface area is 170 Å². The Kier molecular flexibility index (Phi) is 5.79. The van der Waals surface area contributed by atoms with Crippen LogP contribution in [0.4, 0.5) is 13.2 Å². The zero-order valence-corrected chi connectivity index (χ0v) is 16.8. The molecule has 0 bridgehead atoms. The van der Waals surface area contributed by atoms with E-state index >= 15 is 0 Å². The van der Waals surface area contributed by atoms with Crippen molar-refractivity contribution >= 4 is 23.3 Å². The largest absolute Gasteiger partial charge is 0.453 e. The molecular weight excluding hydrogens is 407 g/mol. The van der Waals surface area contributed by atoms with Crippen molar-refractivity contribution in [2.75, 3.05) is 0 Å². The van der Waals surface area contributed by atoms with Crippen molar-refractivity contribution in [1.29, 1.82) is 0 Å².